The Labute approximate surface area is 239 Å². The summed E-state index contributed by atoms with van der Waals surface area (Å²) in [4.78, 5) is 24.4. The van der Waals surface area contributed by atoms with E-state index >= 15 is 0 Å². The number of benzene rings is 4. The average Bonchev–Trinajstić information content (AvgIpc) is 2.93. The van der Waals surface area contributed by atoms with E-state index in [4.69, 9.17) is 4.74 Å². The number of esters is 1. The van der Waals surface area contributed by atoms with Crippen LogP contribution in [0, 0.1) is 0 Å². The molecule has 0 aliphatic heterocycles. The fraction of sp³-hybridized carbons (Fsp3) is 0.103. The van der Waals surface area contributed by atoms with Crippen LogP contribution < -0.4 is 21.2 Å². The number of carbonyl (C=O) groups excluding carboxylic acids is 2. The van der Waals surface area contributed by atoms with Gasteiger partial charge in [-0.2, -0.15) is 13.2 Å². The average molecular weight is 638 g/mol. The largest absolute Gasteiger partial charge is 0.471 e. The normalized spacial score (nSPS) is 11.3. The number of rotatable bonds is 7. The molecular weight excluding hydrogens is 614 g/mol. The molecule has 4 aromatic rings. The van der Waals surface area contributed by atoms with Gasteiger partial charge in [0.05, 0.1) is 12.7 Å². The summed E-state index contributed by atoms with van der Waals surface area (Å²) in [6.45, 7) is 0. The van der Waals surface area contributed by atoms with E-state index in [9.17, 15) is 22.8 Å². The molecule has 0 fully saturated rings. The van der Waals surface area contributed by atoms with Gasteiger partial charge in [0.25, 0.3) is 0 Å². The van der Waals surface area contributed by atoms with E-state index in [0.29, 0.717) is 10.0 Å². The third kappa shape index (κ3) is 6.52. The lowest BCUT2D eigenvalue weighted by atomic mass is 10.1. The summed E-state index contributed by atoms with van der Waals surface area (Å²) < 4.78 is 45.1. The lowest BCUT2D eigenvalue weighted by molar-refractivity contribution is -0.167. The number of ether oxygens (including phenoxy) is 1. The maximum Gasteiger partial charge on any atom is 0.471 e. The molecule has 0 aromatic heterocycles. The van der Waals surface area contributed by atoms with Gasteiger partial charge in [0, 0.05) is 15.7 Å². The van der Waals surface area contributed by atoms with Crippen LogP contribution in [-0.4, -0.2) is 25.2 Å². The lowest BCUT2D eigenvalue weighted by Gasteiger charge is -2.29. The molecule has 202 valence electrons. The van der Waals surface area contributed by atoms with Crippen LogP contribution in [0.1, 0.15) is 15.9 Å². The van der Waals surface area contributed by atoms with Crippen molar-refractivity contribution in [2.75, 3.05) is 12.4 Å². The van der Waals surface area contributed by atoms with Crippen molar-refractivity contribution in [2.24, 2.45) is 0 Å². The number of alkyl halides is 3. The predicted octanol–water partition coefficient (Wildman–Crippen LogP) is 6.65. The Morgan fingerprint density at radius 2 is 1.26 bits per heavy atom. The maximum absolute atomic E-state index is 13.3. The first-order valence-electron chi connectivity index (χ1n) is 11.5. The first-order valence-corrected chi connectivity index (χ1v) is 14.3. The number of anilines is 1. The topological polar surface area (TPSA) is 55.4 Å². The van der Waals surface area contributed by atoms with E-state index in [1.807, 2.05) is 96.3 Å². The highest BCUT2D eigenvalue weighted by Gasteiger charge is 2.47. The predicted molar refractivity (Wildman–Crippen MR) is 156 cm³/mol. The van der Waals surface area contributed by atoms with Crippen LogP contribution in [0.4, 0.5) is 18.9 Å². The molecule has 0 atom stereocenters. The number of hydrogen-bond acceptors (Lipinski definition) is 3. The summed E-state index contributed by atoms with van der Waals surface area (Å²) in [5, 5.41) is 5.03. The minimum atomic E-state index is -5.12. The number of amides is 1. The number of hydrogen-bond donors (Lipinski definition) is 1. The Hall–Kier alpha value is -3.19. The van der Waals surface area contributed by atoms with Crippen molar-refractivity contribution in [3.8, 4) is 0 Å². The minimum absolute atomic E-state index is 0. The van der Waals surface area contributed by atoms with Crippen LogP contribution in [0.3, 0.4) is 0 Å². The van der Waals surface area contributed by atoms with Crippen LogP contribution in [0.15, 0.2) is 108 Å². The van der Waals surface area contributed by atoms with E-state index in [2.05, 4.69) is 15.9 Å². The summed E-state index contributed by atoms with van der Waals surface area (Å²) in [5.74, 6) is -2.87. The fourth-order valence-corrected chi connectivity index (χ4v) is 9.46. The molecule has 0 spiro atoms. The summed E-state index contributed by atoms with van der Waals surface area (Å²) in [7, 11) is -1.36. The van der Waals surface area contributed by atoms with Gasteiger partial charge in [-0.05, 0) is 48.5 Å². The zero-order valence-corrected chi connectivity index (χ0v) is 23.9. The molecule has 1 N–H and O–H groups in total. The standard InChI is InChI=1S/C29H22BrF3NO3P.ClH/c1-37-27(35)20-17-25(30)24(26(18-20)34-28(36)29(31,32)33)19-38(21-11-5-2-6-12-21,22-13-7-3-8-14-22)23-15-9-4-10-16-23;/h2-18H,19H2,1H3;1H/p+1. The van der Waals surface area contributed by atoms with Gasteiger partial charge >= 0.3 is 18.1 Å². The fourth-order valence-electron chi connectivity index (χ4n) is 4.34. The van der Waals surface area contributed by atoms with Gasteiger partial charge in [-0.1, -0.05) is 70.5 Å². The van der Waals surface area contributed by atoms with Crippen molar-refractivity contribution in [1.82, 2.24) is 0 Å². The summed E-state index contributed by atoms with van der Waals surface area (Å²) >= 11 is 3.48. The zero-order chi connectivity index (χ0) is 27.3. The summed E-state index contributed by atoms with van der Waals surface area (Å²) in [5.41, 5.74) is 0.318. The van der Waals surface area contributed by atoms with Gasteiger partial charge in [-0.3, -0.25) is 4.79 Å². The zero-order valence-electron chi connectivity index (χ0n) is 20.6. The lowest BCUT2D eigenvalue weighted by Crippen LogP contribution is -2.33. The second-order valence-corrected chi connectivity index (χ2v) is 12.7. The van der Waals surface area contributed by atoms with E-state index in [-0.39, 0.29) is 29.8 Å². The molecule has 39 heavy (non-hydrogen) atoms. The smallest absolute Gasteiger partial charge is 0.465 e. The molecular formula is C29H24BrClF3NO3P+. The molecule has 0 heterocycles. The van der Waals surface area contributed by atoms with E-state index in [1.54, 1.807) is 0 Å². The van der Waals surface area contributed by atoms with E-state index in [1.165, 1.54) is 19.2 Å². The molecule has 0 saturated carbocycles. The number of nitrogens with one attached hydrogen (secondary N) is 1. The Balaban J connectivity index is 0.00000420. The van der Waals surface area contributed by atoms with Crippen molar-refractivity contribution in [3.05, 3.63) is 119 Å². The van der Waals surface area contributed by atoms with Gasteiger partial charge in [0.2, 0.25) is 0 Å². The summed E-state index contributed by atoms with van der Waals surface area (Å²) in [6, 6.07) is 32.1. The van der Waals surface area contributed by atoms with Crippen molar-refractivity contribution in [3.63, 3.8) is 0 Å². The monoisotopic (exact) mass is 636 g/mol. The van der Waals surface area contributed by atoms with Crippen molar-refractivity contribution < 1.29 is 27.5 Å². The Kier molecular flexibility index (Phi) is 9.94. The third-order valence-corrected chi connectivity index (χ3v) is 11.1. The highest BCUT2D eigenvalue weighted by molar-refractivity contribution is 9.10. The first kappa shape index (κ1) is 30.4. The van der Waals surface area contributed by atoms with Gasteiger partial charge < -0.3 is 10.1 Å². The molecule has 4 nitrogen and oxygen atoms in total. The van der Waals surface area contributed by atoms with Gasteiger partial charge in [0.15, 0.2) is 0 Å². The molecule has 0 radical (unpaired) electrons. The molecule has 0 unspecified atom stereocenters. The minimum Gasteiger partial charge on any atom is -0.465 e. The van der Waals surface area contributed by atoms with Gasteiger partial charge in [0.1, 0.15) is 29.3 Å². The Bertz CT molecular complexity index is 1340. The molecule has 0 aliphatic carbocycles. The Morgan fingerprint density at radius 1 is 0.821 bits per heavy atom. The van der Waals surface area contributed by atoms with Crippen LogP contribution in [-0.2, 0) is 15.7 Å². The van der Waals surface area contributed by atoms with Crippen LogP contribution in [0.5, 0.6) is 0 Å². The molecule has 0 bridgehead atoms. The number of carbonyl (C=O) groups is 2. The van der Waals surface area contributed by atoms with Crippen LogP contribution in [0.25, 0.3) is 0 Å². The van der Waals surface area contributed by atoms with Crippen molar-refractivity contribution in [1.29, 1.82) is 0 Å². The second-order valence-electron chi connectivity index (χ2n) is 8.40. The quantitative estimate of drug-likeness (QED) is 0.182. The SMILES string of the molecule is COC(=O)c1cc(Br)c(C[P+](c2ccccc2)(c2ccccc2)c2ccccc2)c(NC(=O)C(F)(F)F)c1.Cl. The number of methoxy groups -OCH3 is 1. The molecule has 0 aliphatic rings. The van der Waals surface area contributed by atoms with E-state index in [0.717, 1.165) is 15.9 Å². The molecule has 10 heteroatoms. The maximum atomic E-state index is 13.3. The van der Waals surface area contributed by atoms with Crippen LogP contribution in [0.2, 0.25) is 0 Å². The highest BCUT2D eigenvalue weighted by atomic mass is 79.9. The number of halogens is 5. The molecule has 1 amide bonds. The van der Waals surface area contributed by atoms with Crippen LogP contribution >= 0.6 is 35.6 Å². The molecule has 4 aromatic carbocycles. The van der Waals surface area contributed by atoms with Crippen molar-refractivity contribution in [2.45, 2.75) is 12.3 Å². The highest BCUT2D eigenvalue weighted by Crippen LogP contribution is 2.59. The van der Waals surface area contributed by atoms with Gasteiger partial charge in [-0.25, -0.2) is 4.79 Å². The van der Waals surface area contributed by atoms with Gasteiger partial charge in [-0.15, -0.1) is 12.4 Å². The molecule has 0 saturated heterocycles. The van der Waals surface area contributed by atoms with Crippen molar-refractivity contribution >= 4 is 69.1 Å². The first-order chi connectivity index (χ1) is 18.2. The Morgan fingerprint density at radius 3 is 1.64 bits per heavy atom. The third-order valence-electron chi connectivity index (χ3n) is 6.11. The second kappa shape index (κ2) is 12.8. The molecule has 4 rings (SSSR count). The van der Waals surface area contributed by atoms with E-state index < -0.39 is 25.3 Å². The summed E-state index contributed by atoms with van der Waals surface area (Å²) in [6.07, 6.45) is -4.85.